The molecule has 3 aromatic carbocycles. The van der Waals surface area contributed by atoms with Gasteiger partial charge in [-0.1, -0.05) is 62.4 Å². The van der Waals surface area contributed by atoms with Crippen molar-refractivity contribution in [3.63, 3.8) is 0 Å². The highest BCUT2D eigenvalue weighted by atomic mass is 16.5. The van der Waals surface area contributed by atoms with Crippen LogP contribution in [0.1, 0.15) is 46.8 Å². The number of nitrogens with one attached hydrogen (secondary N) is 1. The molecule has 192 valence electrons. The lowest BCUT2D eigenvalue weighted by atomic mass is 10.0. The number of methoxy groups -OCH3 is 1. The van der Waals surface area contributed by atoms with E-state index in [-0.39, 0.29) is 17.3 Å². The number of benzene rings is 3. The average Bonchev–Trinajstić information content (AvgIpc) is 3.20. The van der Waals surface area contributed by atoms with Crippen LogP contribution in [0.15, 0.2) is 77.9 Å². The number of fused-ring (bicyclic) bond motifs is 2. The first kappa shape index (κ1) is 25.0. The second kappa shape index (κ2) is 10.7. The van der Waals surface area contributed by atoms with E-state index < -0.39 is 0 Å². The van der Waals surface area contributed by atoms with Gasteiger partial charge in [-0.2, -0.15) is 9.78 Å². The van der Waals surface area contributed by atoms with E-state index in [4.69, 9.17) is 20.4 Å². The number of para-hydroxylation sites is 2. The summed E-state index contributed by atoms with van der Waals surface area (Å²) in [5.41, 5.74) is 12.2. The minimum absolute atomic E-state index is 0.187. The van der Waals surface area contributed by atoms with Gasteiger partial charge in [0.05, 0.1) is 24.4 Å². The maximum Gasteiger partial charge on any atom is 0.257 e. The fourth-order valence-electron chi connectivity index (χ4n) is 4.28. The Morgan fingerprint density at radius 3 is 2.37 bits per heavy atom. The summed E-state index contributed by atoms with van der Waals surface area (Å²) in [5.74, 6) is 1.10. The summed E-state index contributed by atoms with van der Waals surface area (Å²) >= 11 is 0. The summed E-state index contributed by atoms with van der Waals surface area (Å²) in [7, 11) is 1.63. The van der Waals surface area contributed by atoms with Gasteiger partial charge in [0.2, 0.25) is 0 Å². The molecule has 0 aliphatic heterocycles. The molecule has 0 radical (unpaired) electrons. The molecule has 5 aromatic rings. The van der Waals surface area contributed by atoms with E-state index in [1.165, 1.54) is 10.2 Å². The van der Waals surface area contributed by atoms with E-state index in [1.807, 2.05) is 60.7 Å². The van der Waals surface area contributed by atoms with Crippen LogP contribution < -0.4 is 15.8 Å². The molecule has 0 unspecified atom stereocenters. The van der Waals surface area contributed by atoms with Crippen LogP contribution in [0.2, 0.25) is 0 Å². The Labute approximate surface area is 221 Å². The van der Waals surface area contributed by atoms with Gasteiger partial charge in [0.15, 0.2) is 5.65 Å². The van der Waals surface area contributed by atoms with Crippen molar-refractivity contribution < 1.29 is 9.53 Å². The zero-order chi connectivity index (χ0) is 26.6. The number of aromatic nitrogens is 3. The Bertz CT molecular complexity index is 1620. The van der Waals surface area contributed by atoms with E-state index in [1.54, 1.807) is 13.3 Å². The highest BCUT2D eigenvalue weighted by Crippen LogP contribution is 2.28. The van der Waals surface area contributed by atoms with Gasteiger partial charge in [-0.05, 0) is 53.3 Å². The molecule has 8 heteroatoms. The molecule has 5 rings (SSSR count). The predicted molar refractivity (Wildman–Crippen MR) is 152 cm³/mol. The summed E-state index contributed by atoms with van der Waals surface area (Å²) in [5, 5.41) is 7.58. The molecule has 8 nitrogen and oxygen atoms in total. The van der Waals surface area contributed by atoms with Crippen molar-refractivity contribution in [2.75, 3.05) is 19.4 Å². The number of hydrogen-bond acceptors (Lipinski definition) is 6. The highest BCUT2D eigenvalue weighted by molar-refractivity contribution is 6.10. The molecular formula is C30H30N6O2. The Kier molecular flexibility index (Phi) is 7.04. The molecule has 38 heavy (non-hydrogen) atoms. The monoisotopic (exact) mass is 506 g/mol. The van der Waals surface area contributed by atoms with Gasteiger partial charge in [0.1, 0.15) is 22.6 Å². The van der Waals surface area contributed by atoms with Crippen molar-refractivity contribution in [3.05, 3.63) is 95.1 Å². The molecule has 0 atom stereocenters. The van der Waals surface area contributed by atoms with E-state index >= 15 is 0 Å². The summed E-state index contributed by atoms with van der Waals surface area (Å²) in [6.07, 6.45) is 2.37. The van der Waals surface area contributed by atoms with Crippen molar-refractivity contribution >= 4 is 40.1 Å². The van der Waals surface area contributed by atoms with E-state index in [9.17, 15) is 4.79 Å². The lowest BCUT2D eigenvalue weighted by Crippen LogP contribution is -2.26. The van der Waals surface area contributed by atoms with Crippen LogP contribution in [0, 0.1) is 0 Å². The fraction of sp³-hybridized carbons (Fsp3) is 0.200. The van der Waals surface area contributed by atoms with E-state index in [0.717, 1.165) is 16.9 Å². The number of rotatable bonds is 8. The largest absolute Gasteiger partial charge is 0.497 e. The SMILES string of the molecule is COc1ccc(CCNC(=O)c2c(N)n(N=Cc3ccc(C(C)C)cc3)c3nc4ccccc4nc23)cc1. The molecule has 0 saturated heterocycles. The first-order valence-corrected chi connectivity index (χ1v) is 12.6. The molecule has 0 aliphatic carbocycles. The number of ether oxygens (including phenoxy) is 1. The summed E-state index contributed by atoms with van der Waals surface area (Å²) in [6, 6.07) is 23.5. The molecule has 0 bridgehead atoms. The van der Waals surface area contributed by atoms with Crippen LogP contribution in [0.5, 0.6) is 5.75 Å². The molecule has 1 amide bonds. The lowest BCUT2D eigenvalue weighted by molar-refractivity contribution is 0.0956. The molecule has 2 heterocycles. The molecular weight excluding hydrogens is 476 g/mol. The zero-order valence-corrected chi connectivity index (χ0v) is 21.7. The molecule has 2 aromatic heterocycles. The minimum Gasteiger partial charge on any atom is -0.497 e. The van der Waals surface area contributed by atoms with Crippen molar-refractivity contribution in [2.24, 2.45) is 5.10 Å². The number of nitrogens with zero attached hydrogens (tertiary/aromatic N) is 4. The van der Waals surface area contributed by atoms with Crippen molar-refractivity contribution in [1.82, 2.24) is 20.0 Å². The second-order valence-corrected chi connectivity index (χ2v) is 9.38. The highest BCUT2D eigenvalue weighted by Gasteiger charge is 2.24. The summed E-state index contributed by atoms with van der Waals surface area (Å²) < 4.78 is 6.70. The minimum atomic E-state index is -0.319. The standard InChI is InChI=1S/C30H30N6O2/c1-19(2)22-12-8-21(9-13-22)18-33-36-28(31)26(27-29(36)35-25-7-5-4-6-24(25)34-27)30(37)32-17-16-20-10-14-23(38-3)15-11-20/h4-15,18-19H,16-17,31H2,1-3H3,(H,32,37). The Balaban J connectivity index is 1.47. The van der Waals surface area contributed by atoms with E-state index in [2.05, 4.69) is 36.4 Å². The normalized spacial score (nSPS) is 11.6. The van der Waals surface area contributed by atoms with Gasteiger partial charge in [-0.3, -0.25) is 4.79 Å². The molecule has 0 fully saturated rings. The number of amides is 1. The predicted octanol–water partition coefficient (Wildman–Crippen LogP) is 5.15. The maximum absolute atomic E-state index is 13.4. The number of nitrogens with two attached hydrogens (primary N) is 1. The third kappa shape index (κ3) is 5.06. The smallest absolute Gasteiger partial charge is 0.257 e. The average molecular weight is 507 g/mol. The van der Waals surface area contributed by atoms with Gasteiger partial charge in [0, 0.05) is 6.54 Å². The molecule has 0 spiro atoms. The van der Waals surface area contributed by atoms with Gasteiger partial charge in [-0.25, -0.2) is 9.97 Å². The lowest BCUT2D eigenvalue weighted by Gasteiger charge is -2.07. The first-order chi connectivity index (χ1) is 18.4. The number of nitrogen functional groups attached to an aromatic ring is 1. The quantitative estimate of drug-likeness (QED) is 0.283. The third-order valence-corrected chi connectivity index (χ3v) is 6.48. The van der Waals surface area contributed by atoms with Crippen LogP contribution in [-0.2, 0) is 6.42 Å². The summed E-state index contributed by atoms with van der Waals surface area (Å²) in [6.45, 7) is 4.74. The first-order valence-electron chi connectivity index (χ1n) is 12.6. The Morgan fingerprint density at radius 1 is 1.03 bits per heavy atom. The van der Waals surface area contributed by atoms with Gasteiger partial charge in [0.25, 0.3) is 5.91 Å². The van der Waals surface area contributed by atoms with Crippen molar-refractivity contribution in [1.29, 1.82) is 0 Å². The molecule has 0 aliphatic rings. The number of carbonyl (C=O) groups excluding carboxylic acids is 1. The van der Waals surface area contributed by atoms with Crippen molar-refractivity contribution in [3.8, 4) is 5.75 Å². The van der Waals surface area contributed by atoms with Gasteiger partial charge >= 0.3 is 0 Å². The number of hydrogen-bond donors (Lipinski definition) is 2. The van der Waals surface area contributed by atoms with Crippen LogP contribution in [0.4, 0.5) is 5.82 Å². The topological polar surface area (TPSA) is 107 Å². The fourth-order valence-corrected chi connectivity index (χ4v) is 4.28. The van der Waals surface area contributed by atoms with Crippen LogP contribution >= 0.6 is 0 Å². The zero-order valence-electron chi connectivity index (χ0n) is 21.7. The Hall–Kier alpha value is -4.72. The number of carbonyl (C=O) groups is 1. The number of anilines is 1. The van der Waals surface area contributed by atoms with Gasteiger partial charge < -0.3 is 15.8 Å². The second-order valence-electron chi connectivity index (χ2n) is 9.38. The summed E-state index contributed by atoms with van der Waals surface area (Å²) in [4.78, 5) is 22.8. The molecule has 0 saturated carbocycles. The van der Waals surface area contributed by atoms with Gasteiger partial charge in [-0.15, -0.1) is 0 Å². The Morgan fingerprint density at radius 2 is 1.71 bits per heavy atom. The van der Waals surface area contributed by atoms with Crippen molar-refractivity contribution in [2.45, 2.75) is 26.2 Å². The third-order valence-electron chi connectivity index (χ3n) is 6.48. The van der Waals surface area contributed by atoms with Crippen LogP contribution in [0.25, 0.3) is 22.2 Å². The molecule has 3 N–H and O–H groups in total. The van der Waals surface area contributed by atoms with Crippen LogP contribution in [0.3, 0.4) is 0 Å². The maximum atomic E-state index is 13.4. The van der Waals surface area contributed by atoms with Crippen LogP contribution in [-0.4, -0.2) is 40.4 Å². The van der Waals surface area contributed by atoms with E-state index in [0.29, 0.717) is 41.1 Å².